The van der Waals surface area contributed by atoms with Crippen LogP contribution in [0.15, 0.2) is 0 Å². The van der Waals surface area contributed by atoms with Crippen LogP contribution in [0.4, 0.5) is 0 Å². The van der Waals surface area contributed by atoms with Gasteiger partial charge >= 0.3 is 0 Å². The molecule has 0 aromatic rings. The monoisotopic (exact) mass is 213 g/mol. The molecular weight excluding hydrogens is 182 g/mol. The molecule has 0 amide bonds. The molecule has 0 saturated carbocycles. The van der Waals surface area contributed by atoms with Crippen molar-refractivity contribution in [3.05, 3.63) is 0 Å². The highest BCUT2D eigenvalue weighted by Gasteiger charge is 2.20. The molecule has 0 aromatic carbocycles. The van der Waals surface area contributed by atoms with E-state index in [1.54, 1.807) is 0 Å². The van der Waals surface area contributed by atoms with Crippen molar-refractivity contribution in [1.82, 2.24) is 4.90 Å². The second kappa shape index (κ2) is 7.27. The first-order valence-corrected chi connectivity index (χ1v) is 6.36. The summed E-state index contributed by atoms with van der Waals surface area (Å²) in [7, 11) is 0. The Morgan fingerprint density at radius 3 is 1.33 bits per heavy atom. The third-order valence-corrected chi connectivity index (χ3v) is 3.30. The zero-order valence-electron chi connectivity index (χ0n) is 10.3. The Labute approximate surface area is 97.2 Å². The van der Waals surface area contributed by atoms with Gasteiger partial charge in [-0.15, -0.1) is 0 Å². The van der Waals surface area contributed by atoms with E-state index < -0.39 is 0 Å². The number of rotatable bonds is 0. The first-order valence-electron chi connectivity index (χ1n) is 6.36. The van der Waals surface area contributed by atoms with Gasteiger partial charge in [-0.2, -0.15) is 0 Å². The minimum absolute atomic E-state index is 0. The average molecular weight is 213 g/mol. The maximum absolute atomic E-state index is 2.66. The van der Waals surface area contributed by atoms with E-state index in [2.05, 4.69) is 25.7 Å². The van der Waals surface area contributed by atoms with Gasteiger partial charge in [-0.25, -0.2) is 0 Å². The van der Waals surface area contributed by atoms with Gasteiger partial charge in [0.1, 0.15) is 0 Å². The van der Waals surface area contributed by atoms with E-state index in [1.807, 2.05) is 0 Å². The molecule has 92 valence electrons. The normalized spacial score (nSPS) is 21.8. The van der Waals surface area contributed by atoms with Gasteiger partial charge in [0, 0.05) is 5.54 Å². The fourth-order valence-electron chi connectivity index (χ4n) is 2.27. The van der Waals surface area contributed by atoms with E-state index in [0.29, 0.717) is 5.54 Å². The van der Waals surface area contributed by atoms with Crippen LogP contribution in [0.1, 0.15) is 73.1 Å². The van der Waals surface area contributed by atoms with Crippen molar-refractivity contribution in [3.63, 3.8) is 0 Å². The molecule has 1 aliphatic heterocycles. The molecule has 1 nitrogen and oxygen atoms in total. The fourth-order valence-corrected chi connectivity index (χ4v) is 2.27. The van der Waals surface area contributed by atoms with E-state index in [-0.39, 0.29) is 7.43 Å². The Kier molecular flexibility index (Phi) is 7.25. The predicted molar refractivity (Wildman–Crippen MR) is 70.4 cm³/mol. The summed E-state index contributed by atoms with van der Waals surface area (Å²) in [6, 6.07) is 0. The van der Waals surface area contributed by atoms with Crippen molar-refractivity contribution in [2.45, 2.75) is 78.7 Å². The van der Waals surface area contributed by atoms with Gasteiger partial charge in [-0.05, 0) is 46.7 Å². The topological polar surface area (TPSA) is 3.24 Å². The minimum Gasteiger partial charge on any atom is -0.298 e. The van der Waals surface area contributed by atoms with Gasteiger partial charge in [0.05, 0.1) is 0 Å². The van der Waals surface area contributed by atoms with Gasteiger partial charge in [0.15, 0.2) is 0 Å². The van der Waals surface area contributed by atoms with Crippen LogP contribution in [0.5, 0.6) is 0 Å². The molecule has 0 N–H and O–H groups in total. The summed E-state index contributed by atoms with van der Waals surface area (Å²) in [4.78, 5) is 2.66. The molecule has 0 aliphatic carbocycles. The van der Waals surface area contributed by atoms with Crippen LogP contribution in [-0.2, 0) is 0 Å². The van der Waals surface area contributed by atoms with Crippen LogP contribution in [0.25, 0.3) is 0 Å². The Morgan fingerprint density at radius 1 is 0.667 bits per heavy atom. The average Bonchev–Trinajstić information content (AvgIpc) is 2.12. The lowest BCUT2D eigenvalue weighted by Gasteiger charge is -2.36. The summed E-state index contributed by atoms with van der Waals surface area (Å²) in [6.45, 7) is 9.66. The van der Waals surface area contributed by atoms with E-state index >= 15 is 0 Å². The predicted octanol–water partition coefficient (Wildman–Crippen LogP) is 4.47. The second-order valence-corrected chi connectivity index (χ2v) is 5.63. The van der Waals surface area contributed by atoms with Gasteiger partial charge in [-0.3, -0.25) is 4.90 Å². The lowest BCUT2D eigenvalue weighted by molar-refractivity contribution is 0.128. The number of nitrogens with zero attached hydrogens (tertiary/aromatic N) is 1. The SMILES string of the molecule is C.CC(C)(C)N1CCCCCCCCC1. The first kappa shape index (κ1) is 15.0. The summed E-state index contributed by atoms with van der Waals surface area (Å²) in [5.74, 6) is 0. The van der Waals surface area contributed by atoms with Crippen molar-refractivity contribution < 1.29 is 0 Å². The van der Waals surface area contributed by atoms with Crippen LogP contribution in [0.3, 0.4) is 0 Å². The van der Waals surface area contributed by atoms with Gasteiger partial charge in [-0.1, -0.05) is 39.5 Å². The van der Waals surface area contributed by atoms with E-state index in [4.69, 9.17) is 0 Å². The van der Waals surface area contributed by atoms with Crippen LogP contribution in [0.2, 0.25) is 0 Å². The summed E-state index contributed by atoms with van der Waals surface area (Å²) in [6.07, 6.45) is 10.1. The molecule has 1 fully saturated rings. The summed E-state index contributed by atoms with van der Waals surface area (Å²) >= 11 is 0. The smallest absolute Gasteiger partial charge is 0.0125 e. The first-order chi connectivity index (χ1) is 6.61. The summed E-state index contributed by atoms with van der Waals surface area (Å²) in [5.41, 5.74) is 0.374. The standard InChI is InChI=1S/C13H27N.CH4/c1-13(2,3)14-11-9-7-5-4-6-8-10-12-14;/h4-12H2,1-3H3;1H4. The van der Waals surface area contributed by atoms with Crippen molar-refractivity contribution in [1.29, 1.82) is 0 Å². The highest BCUT2D eigenvalue weighted by molar-refractivity contribution is 4.76. The highest BCUT2D eigenvalue weighted by Crippen LogP contribution is 2.18. The number of hydrogen-bond acceptors (Lipinski definition) is 1. The van der Waals surface area contributed by atoms with E-state index in [1.165, 1.54) is 58.0 Å². The van der Waals surface area contributed by atoms with Gasteiger partial charge < -0.3 is 0 Å². The Bertz CT molecular complexity index is 136. The maximum atomic E-state index is 2.66. The second-order valence-electron chi connectivity index (χ2n) is 5.63. The van der Waals surface area contributed by atoms with Crippen LogP contribution in [0, 0.1) is 0 Å². The van der Waals surface area contributed by atoms with E-state index in [9.17, 15) is 0 Å². The molecule has 15 heavy (non-hydrogen) atoms. The molecule has 0 spiro atoms. The molecule has 0 radical (unpaired) electrons. The Morgan fingerprint density at radius 2 is 1.00 bits per heavy atom. The molecule has 0 unspecified atom stereocenters. The van der Waals surface area contributed by atoms with Gasteiger partial charge in [0.2, 0.25) is 0 Å². The lowest BCUT2D eigenvalue weighted by atomic mass is 10.0. The highest BCUT2D eigenvalue weighted by atomic mass is 15.2. The van der Waals surface area contributed by atoms with E-state index in [0.717, 1.165) is 0 Å². The quantitative estimate of drug-likeness (QED) is 0.574. The minimum atomic E-state index is 0. The molecule has 1 heterocycles. The summed E-state index contributed by atoms with van der Waals surface area (Å²) in [5, 5.41) is 0. The molecule has 1 heteroatoms. The molecule has 1 saturated heterocycles. The number of hydrogen-bond donors (Lipinski definition) is 0. The van der Waals surface area contributed by atoms with Crippen LogP contribution in [-0.4, -0.2) is 23.5 Å². The maximum Gasteiger partial charge on any atom is 0.0125 e. The fraction of sp³-hybridized carbons (Fsp3) is 1.00. The van der Waals surface area contributed by atoms with Crippen molar-refractivity contribution in [2.75, 3.05) is 13.1 Å². The Balaban J connectivity index is 0.00000196. The zero-order chi connectivity index (χ0) is 10.4. The largest absolute Gasteiger partial charge is 0.298 e. The third-order valence-electron chi connectivity index (χ3n) is 3.30. The van der Waals surface area contributed by atoms with Crippen LogP contribution < -0.4 is 0 Å². The molecule has 0 aromatic heterocycles. The van der Waals surface area contributed by atoms with Crippen molar-refractivity contribution >= 4 is 0 Å². The van der Waals surface area contributed by atoms with Crippen molar-refractivity contribution in [2.24, 2.45) is 0 Å². The van der Waals surface area contributed by atoms with Crippen LogP contribution >= 0.6 is 0 Å². The Hall–Kier alpha value is -0.0400. The lowest BCUT2D eigenvalue weighted by Crippen LogP contribution is -2.42. The van der Waals surface area contributed by atoms with Crippen molar-refractivity contribution in [3.8, 4) is 0 Å². The molecule has 1 aliphatic rings. The molecule has 0 atom stereocenters. The molecule has 1 rings (SSSR count). The molecule has 0 bridgehead atoms. The molecular formula is C14H31N. The zero-order valence-corrected chi connectivity index (χ0v) is 10.3. The third kappa shape index (κ3) is 6.19. The summed E-state index contributed by atoms with van der Waals surface area (Å²) < 4.78 is 0. The van der Waals surface area contributed by atoms with Gasteiger partial charge in [0.25, 0.3) is 0 Å².